The summed E-state index contributed by atoms with van der Waals surface area (Å²) in [5, 5.41) is 9.34. The lowest BCUT2D eigenvalue weighted by molar-refractivity contribution is 0.134. The van der Waals surface area contributed by atoms with Crippen molar-refractivity contribution < 1.29 is 0 Å². The van der Waals surface area contributed by atoms with E-state index in [-0.39, 0.29) is 6.04 Å². The highest BCUT2D eigenvalue weighted by molar-refractivity contribution is 5.23. The summed E-state index contributed by atoms with van der Waals surface area (Å²) in [6, 6.07) is 13.2. The fourth-order valence-electron chi connectivity index (χ4n) is 3.06. The predicted octanol–water partition coefficient (Wildman–Crippen LogP) is 3.02. The van der Waals surface area contributed by atoms with Gasteiger partial charge in [0.2, 0.25) is 0 Å². The molecular weight excluding hydrogens is 208 g/mol. The first-order chi connectivity index (χ1) is 8.27. The van der Waals surface area contributed by atoms with Crippen LogP contribution in [0.5, 0.6) is 0 Å². The summed E-state index contributed by atoms with van der Waals surface area (Å²) >= 11 is 0. The first-order valence-corrected chi connectivity index (χ1v) is 6.42. The first kappa shape index (κ1) is 12.1. The number of hydrogen-bond donors (Lipinski definition) is 0. The molecule has 2 nitrogen and oxygen atoms in total. The monoisotopic (exact) mass is 228 g/mol. The average molecular weight is 228 g/mol. The molecule has 0 unspecified atom stereocenters. The van der Waals surface area contributed by atoms with Crippen LogP contribution >= 0.6 is 0 Å². The van der Waals surface area contributed by atoms with Gasteiger partial charge in [-0.05, 0) is 37.4 Å². The maximum absolute atomic E-state index is 9.34. The van der Waals surface area contributed by atoms with Gasteiger partial charge in [0, 0.05) is 0 Å². The van der Waals surface area contributed by atoms with Gasteiger partial charge >= 0.3 is 0 Å². The Kier molecular flexibility index (Phi) is 3.81. The fourth-order valence-corrected chi connectivity index (χ4v) is 3.06. The first-order valence-electron chi connectivity index (χ1n) is 6.42. The standard InChI is InChI=1S/C15H20N2/c1-3-13-14(12-7-5-4-6-8-12)9-10-17(2)15(13)11-16/h4-8,13-15H,3,9-10H2,1-2H3/t13-,14+,15+/m0/s1. The van der Waals surface area contributed by atoms with E-state index in [1.54, 1.807) is 0 Å². The Hall–Kier alpha value is -1.33. The van der Waals surface area contributed by atoms with Crippen molar-refractivity contribution in [1.82, 2.24) is 4.90 Å². The Morgan fingerprint density at radius 1 is 1.35 bits per heavy atom. The van der Waals surface area contributed by atoms with Crippen molar-refractivity contribution in [3.05, 3.63) is 35.9 Å². The van der Waals surface area contributed by atoms with Crippen LogP contribution in [0.2, 0.25) is 0 Å². The van der Waals surface area contributed by atoms with Crippen LogP contribution in [0.3, 0.4) is 0 Å². The Morgan fingerprint density at radius 2 is 2.06 bits per heavy atom. The SMILES string of the molecule is CC[C@H]1[C@@H](c2ccccc2)CCN(C)[C@@H]1C#N. The van der Waals surface area contributed by atoms with Gasteiger partial charge in [0.05, 0.1) is 6.07 Å². The van der Waals surface area contributed by atoms with Crippen molar-refractivity contribution in [2.45, 2.75) is 31.7 Å². The van der Waals surface area contributed by atoms with Gasteiger partial charge in [-0.15, -0.1) is 0 Å². The second-order valence-electron chi connectivity index (χ2n) is 4.93. The van der Waals surface area contributed by atoms with Crippen molar-refractivity contribution in [3.63, 3.8) is 0 Å². The molecule has 1 aliphatic rings. The van der Waals surface area contributed by atoms with E-state index in [2.05, 4.69) is 55.3 Å². The minimum Gasteiger partial charge on any atom is -0.291 e. The van der Waals surface area contributed by atoms with Gasteiger partial charge in [-0.25, -0.2) is 0 Å². The minimum atomic E-state index is 0.0685. The lowest BCUT2D eigenvalue weighted by atomic mass is 9.75. The molecule has 1 aliphatic heterocycles. The molecule has 1 aromatic rings. The molecule has 0 N–H and O–H groups in total. The van der Waals surface area contributed by atoms with E-state index in [0.29, 0.717) is 11.8 Å². The number of nitriles is 1. The second kappa shape index (κ2) is 5.33. The third-order valence-electron chi connectivity index (χ3n) is 4.02. The Morgan fingerprint density at radius 3 is 2.65 bits per heavy atom. The van der Waals surface area contributed by atoms with E-state index in [0.717, 1.165) is 19.4 Å². The summed E-state index contributed by atoms with van der Waals surface area (Å²) in [6.07, 6.45) is 2.24. The average Bonchev–Trinajstić information content (AvgIpc) is 2.39. The lowest BCUT2D eigenvalue weighted by Crippen LogP contribution is -2.45. The molecule has 3 atom stereocenters. The summed E-state index contributed by atoms with van der Waals surface area (Å²) in [7, 11) is 2.07. The molecule has 2 heteroatoms. The number of hydrogen-bond acceptors (Lipinski definition) is 2. The van der Waals surface area contributed by atoms with Crippen LogP contribution in [-0.4, -0.2) is 24.5 Å². The molecule has 17 heavy (non-hydrogen) atoms. The normalized spacial score (nSPS) is 29.8. The molecule has 1 fully saturated rings. The van der Waals surface area contributed by atoms with E-state index >= 15 is 0 Å². The van der Waals surface area contributed by atoms with Gasteiger partial charge in [-0.1, -0.05) is 43.7 Å². The van der Waals surface area contributed by atoms with Crippen molar-refractivity contribution in [1.29, 1.82) is 5.26 Å². The van der Waals surface area contributed by atoms with Crippen molar-refractivity contribution in [3.8, 4) is 6.07 Å². The predicted molar refractivity (Wildman–Crippen MR) is 69.6 cm³/mol. The largest absolute Gasteiger partial charge is 0.291 e. The molecule has 0 radical (unpaired) electrons. The van der Waals surface area contributed by atoms with E-state index in [9.17, 15) is 5.26 Å². The van der Waals surface area contributed by atoms with Crippen molar-refractivity contribution in [2.24, 2.45) is 5.92 Å². The maximum Gasteiger partial charge on any atom is 0.101 e. The molecule has 1 saturated heterocycles. The lowest BCUT2D eigenvalue weighted by Gasteiger charge is -2.40. The van der Waals surface area contributed by atoms with Gasteiger partial charge in [-0.2, -0.15) is 5.26 Å². The van der Waals surface area contributed by atoms with Crippen LogP contribution in [0.25, 0.3) is 0 Å². The fraction of sp³-hybridized carbons (Fsp3) is 0.533. The molecule has 0 aromatic heterocycles. The van der Waals surface area contributed by atoms with Crippen molar-refractivity contribution >= 4 is 0 Å². The molecule has 90 valence electrons. The third kappa shape index (κ3) is 2.35. The molecule has 0 saturated carbocycles. The Bertz CT molecular complexity index is 393. The number of piperidine rings is 1. The van der Waals surface area contributed by atoms with Crippen LogP contribution in [-0.2, 0) is 0 Å². The van der Waals surface area contributed by atoms with Crippen molar-refractivity contribution in [2.75, 3.05) is 13.6 Å². The molecule has 0 amide bonds. The quantitative estimate of drug-likeness (QED) is 0.778. The van der Waals surface area contributed by atoms with Crippen LogP contribution in [0, 0.1) is 17.2 Å². The smallest absolute Gasteiger partial charge is 0.101 e. The zero-order valence-electron chi connectivity index (χ0n) is 10.6. The van der Waals surface area contributed by atoms with E-state index in [1.807, 2.05) is 0 Å². The van der Waals surface area contributed by atoms with Crippen LogP contribution in [0.1, 0.15) is 31.2 Å². The second-order valence-corrected chi connectivity index (χ2v) is 4.93. The van der Waals surface area contributed by atoms with E-state index in [1.165, 1.54) is 5.56 Å². The highest BCUT2D eigenvalue weighted by Crippen LogP contribution is 2.37. The zero-order chi connectivity index (χ0) is 12.3. The molecule has 2 rings (SSSR count). The van der Waals surface area contributed by atoms with Gasteiger partial charge in [0.15, 0.2) is 0 Å². The highest BCUT2D eigenvalue weighted by Gasteiger charge is 2.35. The van der Waals surface area contributed by atoms with E-state index < -0.39 is 0 Å². The topological polar surface area (TPSA) is 27.0 Å². The summed E-state index contributed by atoms with van der Waals surface area (Å²) in [5.74, 6) is 1.00. The van der Waals surface area contributed by atoms with Crippen LogP contribution in [0.15, 0.2) is 30.3 Å². The Balaban J connectivity index is 2.26. The van der Waals surface area contributed by atoms with Gasteiger partial charge in [0.1, 0.15) is 6.04 Å². The summed E-state index contributed by atoms with van der Waals surface area (Å²) in [6.45, 7) is 3.22. The highest BCUT2D eigenvalue weighted by atomic mass is 15.1. The summed E-state index contributed by atoms with van der Waals surface area (Å²) < 4.78 is 0. The number of rotatable bonds is 2. The van der Waals surface area contributed by atoms with Gasteiger partial charge in [0.25, 0.3) is 0 Å². The van der Waals surface area contributed by atoms with Gasteiger partial charge < -0.3 is 0 Å². The molecule has 1 aromatic carbocycles. The molecule has 0 bridgehead atoms. The maximum atomic E-state index is 9.34. The molecule has 0 aliphatic carbocycles. The summed E-state index contributed by atoms with van der Waals surface area (Å²) in [4.78, 5) is 2.20. The number of nitrogens with zero attached hydrogens (tertiary/aromatic N) is 2. The minimum absolute atomic E-state index is 0.0685. The number of likely N-dealkylation sites (tertiary alicyclic amines) is 1. The van der Waals surface area contributed by atoms with Crippen LogP contribution in [0.4, 0.5) is 0 Å². The van der Waals surface area contributed by atoms with Gasteiger partial charge in [-0.3, -0.25) is 4.90 Å². The van der Waals surface area contributed by atoms with E-state index in [4.69, 9.17) is 0 Å². The Labute approximate surface area is 104 Å². The summed E-state index contributed by atoms with van der Waals surface area (Å²) in [5.41, 5.74) is 1.40. The van der Waals surface area contributed by atoms with Crippen LogP contribution < -0.4 is 0 Å². The molecule has 1 heterocycles. The third-order valence-corrected chi connectivity index (χ3v) is 4.02. The molecular formula is C15H20N2. The number of benzene rings is 1. The zero-order valence-corrected chi connectivity index (χ0v) is 10.6. The molecule has 0 spiro atoms.